The van der Waals surface area contributed by atoms with Crippen LogP contribution in [0.5, 0.6) is 0 Å². The topological polar surface area (TPSA) is 27.6 Å². The fourth-order valence-corrected chi connectivity index (χ4v) is 3.91. The zero-order valence-electron chi connectivity index (χ0n) is 12.4. The highest BCUT2D eigenvalue weighted by molar-refractivity contribution is 5.80. The van der Waals surface area contributed by atoms with Gasteiger partial charge in [0, 0.05) is 26.7 Å². The maximum atomic E-state index is 4.49. The minimum absolute atomic E-state index is 0.943. The van der Waals surface area contributed by atoms with Crippen LogP contribution in [0.15, 0.2) is 4.99 Å². The van der Waals surface area contributed by atoms with E-state index in [0.29, 0.717) is 0 Å². The first-order chi connectivity index (χ1) is 9.36. The Morgan fingerprint density at radius 2 is 1.79 bits per heavy atom. The number of rotatable bonds is 4. The second-order valence-electron chi connectivity index (χ2n) is 6.77. The molecular weight excluding hydrogens is 234 g/mol. The average Bonchev–Trinajstić information content (AvgIpc) is 3.16. The van der Waals surface area contributed by atoms with Crippen molar-refractivity contribution in [3.63, 3.8) is 0 Å². The normalized spacial score (nSPS) is 31.4. The van der Waals surface area contributed by atoms with Crippen LogP contribution in [0.4, 0.5) is 0 Å². The van der Waals surface area contributed by atoms with E-state index < -0.39 is 0 Å². The molecule has 3 aliphatic rings. The average molecular weight is 263 g/mol. The van der Waals surface area contributed by atoms with Crippen LogP contribution in [0.1, 0.15) is 51.4 Å². The van der Waals surface area contributed by atoms with Crippen molar-refractivity contribution in [2.75, 3.05) is 26.7 Å². The van der Waals surface area contributed by atoms with Gasteiger partial charge >= 0.3 is 0 Å². The molecule has 0 aromatic rings. The Bertz CT molecular complexity index is 308. The summed E-state index contributed by atoms with van der Waals surface area (Å²) in [5.41, 5.74) is 0. The standard InChI is InChI=1S/C16H29N3/c1-17-16(18-10-4-5-13-8-9-13)19-11-14-6-2-3-7-15(14)12-19/h13-15H,2-12H2,1H3,(H,17,18). The highest BCUT2D eigenvalue weighted by Crippen LogP contribution is 2.36. The molecule has 0 radical (unpaired) electrons. The Hall–Kier alpha value is -0.730. The molecule has 1 saturated heterocycles. The quantitative estimate of drug-likeness (QED) is 0.480. The molecule has 19 heavy (non-hydrogen) atoms. The van der Waals surface area contributed by atoms with E-state index in [0.717, 1.165) is 30.3 Å². The number of nitrogens with zero attached hydrogens (tertiary/aromatic N) is 2. The summed E-state index contributed by atoms with van der Waals surface area (Å²) in [6.07, 6.45) is 11.5. The predicted octanol–water partition coefficient (Wildman–Crippen LogP) is 2.87. The molecule has 3 fully saturated rings. The molecule has 1 aliphatic heterocycles. The van der Waals surface area contributed by atoms with E-state index in [1.807, 2.05) is 7.05 Å². The summed E-state index contributed by atoms with van der Waals surface area (Å²) in [7, 11) is 1.94. The molecule has 0 spiro atoms. The van der Waals surface area contributed by atoms with Crippen LogP contribution in [0.25, 0.3) is 0 Å². The monoisotopic (exact) mass is 263 g/mol. The Morgan fingerprint density at radius 1 is 1.11 bits per heavy atom. The molecule has 2 atom stereocenters. The smallest absolute Gasteiger partial charge is 0.193 e. The lowest BCUT2D eigenvalue weighted by atomic mass is 9.82. The highest BCUT2D eigenvalue weighted by atomic mass is 15.3. The van der Waals surface area contributed by atoms with E-state index in [1.54, 1.807) is 0 Å². The molecule has 108 valence electrons. The molecule has 3 nitrogen and oxygen atoms in total. The van der Waals surface area contributed by atoms with Gasteiger partial charge in [0.2, 0.25) is 0 Å². The third kappa shape index (κ3) is 3.43. The summed E-state index contributed by atoms with van der Waals surface area (Å²) in [5.74, 6) is 4.10. The fourth-order valence-electron chi connectivity index (χ4n) is 3.91. The van der Waals surface area contributed by atoms with Gasteiger partial charge in [-0.15, -0.1) is 0 Å². The summed E-state index contributed by atoms with van der Waals surface area (Å²) in [5, 5.41) is 3.58. The van der Waals surface area contributed by atoms with E-state index >= 15 is 0 Å². The van der Waals surface area contributed by atoms with Crippen molar-refractivity contribution < 1.29 is 0 Å². The van der Waals surface area contributed by atoms with Crippen molar-refractivity contribution >= 4 is 5.96 Å². The molecule has 1 N–H and O–H groups in total. The lowest BCUT2D eigenvalue weighted by Gasteiger charge is -2.22. The second kappa shape index (κ2) is 6.15. The lowest BCUT2D eigenvalue weighted by Crippen LogP contribution is -2.40. The van der Waals surface area contributed by atoms with Gasteiger partial charge in [0.15, 0.2) is 5.96 Å². The van der Waals surface area contributed by atoms with E-state index in [1.165, 1.54) is 64.5 Å². The van der Waals surface area contributed by atoms with Crippen molar-refractivity contribution in [1.29, 1.82) is 0 Å². The van der Waals surface area contributed by atoms with Crippen LogP contribution in [0, 0.1) is 17.8 Å². The maximum Gasteiger partial charge on any atom is 0.193 e. The van der Waals surface area contributed by atoms with Gasteiger partial charge in [0.25, 0.3) is 0 Å². The van der Waals surface area contributed by atoms with Crippen LogP contribution in [-0.4, -0.2) is 37.5 Å². The Labute approximate surface area is 117 Å². The lowest BCUT2D eigenvalue weighted by molar-refractivity contribution is 0.299. The third-order valence-electron chi connectivity index (χ3n) is 5.26. The molecule has 2 saturated carbocycles. The van der Waals surface area contributed by atoms with Gasteiger partial charge in [-0.2, -0.15) is 0 Å². The van der Waals surface area contributed by atoms with Crippen molar-refractivity contribution in [2.24, 2.45) is 22.7 Å². The van der Waals surface area contributed by atoms with Crippen molar-refractivity contribution in [1.82, 2.24) is 10.2 Å². The molecule has 0 aromatic heterocycles. The number of guanidine groups is 1. The molecule has 2 unspecified atom stereocenters. The van der Waals surface area contributed by atoms with Crippen LogP contribution in [0.2, 0.25) is 0 Å². The number of hydrogen-bond acceptors (Lipinski definition) is 1. The Kier molecular flexibility index (Phi) is 4.29. The predicted molar refractivity (Wildman–Crippen MR) is 80.3 cm³/mol. The SMILES string of the molecule is CN=C(NCCCC1CC1)N1CC2CCCCC2C1. The van der Waals surface area contributed by atoms with E-state index in [9.17, 15) is 0 Å². The molecule has 0 bridgehead atoms. The van der Waals surface area contributed by atoms with Gasteiger partial charge < -0.3 is 10.2 Å². The van der Waals surface area contributed by atoms with Gasteiger partial charge in [0.1, 0.15) is 0 Å². The number of hydrogen-bond donors (Lipinski definition) is 1. The summed E-state index contributed by atoms with van der Waals surface area (Å²) in [4.78, 5) is 7.00. The largest absolute Gasteiger partial charge is 0.356 e. The van der Waals surface area contributed by atoms with Crippen molar-refractivity contribution in [3.05, 3.63) is 0 Å². The summed E-state index contributed by atoms with van der Waals surface area (Å²) in [6, 6.07) is 0. The molecule has 0 aromatic carbocycles. The second-order valence-corrected chi connectivity index (χ2v) is 6.77. The minimum atomic E-state index is 0.943. The third-order valence-corrected chi connectivity index (χ3v) is 5.26. The molecule has 0 amide bonds. The van der Waals surface area contributed by atoms with Crippen molar-refractivity contribution in [3.8, 4) is 0 Å². The Morgan fingerprint density at radius 3 is 2.37 bits per heavy atom. The number of nitrogens with one attached hydrogen (secondary N) is 1. The number of likely N-dealkylation sites (tertiary alicyclic amines) is 1. The number of fused-ring (bicyclic) bond motifs is 1. The molecular formula is C16H29N3. The summed E-state index contributed by atoms with van der Waals surface area (Å²) in [6.45, 7) is 3.59. The van der Waals surface area contributed by atoms with Crippen LogP contribution >= 0.6 is 0 Å². The van der Waals surface area contributed by atoms with Crippen LogP contribution in [0.3, 0.4) is 0 Å². The van der Waals surface area contributed by atoms with Crippen molar-refractivity contribution in [2.45, 2.75) is 51.4 Å². The van der Waals surface area contributed by atoms with Gasteiger partial charge in [-0.25, -0.2) is 0 Å². The zero-order valence-corrected chi connectivity index (χ0v) is 12.4. The fraction of sp³-hybridized carbons (Fsp3) is 0.938. The molecule has 2 aliphatic carbocycles. The zero-order chi connectivity index (χ0) is 13.1. The first kappa shape index (κ1) is 13.3. The summed E-state index contributed by atoms with van der Waals surface area (Å²) >= 11 is 0. The van der Waals surface area contributed by atoms with Gasteiger partial charge in [-0.1, -0.05) is 25.7 Å². The van der Waals surface area contributed by atoms with Crippen LogP contribution in [-0.2, 0) is 0 Å². The first-order valence-corrected chi connectivity index (χ1v) is 8.32. The molecule has 3 rings (SSSR count). The van der Waals surface area contributed by atoms with E-state index in [-0.39, 0.29) is 0 Å². The summed E-state index contributed by atoms with van der Waals surface area (Å²) < 4.78 is 0. The maximum absolute atomic E-state index is 4.49. The van der Waals surface area contributed by atoms with Gasteiger partial charge in [-0.05, 0) is 43.4 Å². The minimum Gasteiger partial charge on any atom is -0.356 e. The van der Waals surface area contributed by atoms with E-state index in [2.05, 4.69) is 15.2 Å². The Balaban J connectivity index is 1.43. The van der Waals surface area contributed by atoms with Gasteiger partial charge in [0.05, 0.1) is 0 Å². The molecule has 3 heteroatoms. The van der Waals surface area contributed by atoms with Gasteiger partial charge in [-0.3, -0.25) is 4.99 Å². The van der Waals surface area contributed by atoms with E-state index in [4.69, 9.17) is 0 Å². The first-order valence-electron chi connectivity index (χ1n) is 8.32. The molecule has 1 heterocycles. The highest BCUT2D eigenvalue weighted by Gasteiger charge is 2.35. The van der Waals surface area contributed by atoms with Crippen LogP contribution < -0.4 is 5.32 Å². The number of aliphatic imine (C=N–C) groups is 1.